The monoisotopic (exact) mass is 343 g/mol. The van der Waals surface area contributed by atoms with Crippen LogP contribution >= 0.6 is 27.3 Å². The summed E-state index contributed by atoms with van der Waals surface area (Å²) in [5.41, 5.74) is 0. The largest absolute Gasteiger partial charge is 0.393 e. The number of aliphatic hydroxyl groups is 1. The highest BCUT2D eigenvalue weighted by molar-refractivity contribution is 9.11. The van der Waals surface area contributed by atoms with E-state index in [-0.39, 0.29) is 6.10 Å². The van der Waals surface area contributed by atoms with Gasteiger partial charge in [-0.1, -0.05) is 12.8 Å². The Bertz CT molecular complexity index is 422. The van der Waals surface area contributed by atoms with Crippen molar-refractivity contribution >= 4 is 27.3 Å². The summed E-state index contributed by atoms with van der Waals surface area (Å²) in [6.07, 6.45) is 7.25. The molecular weight excluding hydrogens is 322 g/mol. The van der Waals surface area contributed by atoms with E-state index in [0.29, 0.717) is 12.0 Å². The number of halogens is 1. The van der Waals surface area contributed by atoms with Crippen LogP contribution in [0.15, 0.2) is 15.9 Å². The maximum absolute atomic E-state index is 10.3. The number of hydrogen-bond acceptors (Lipinski definition) is 3. The standard InChI is InChI=1S/C15H22BrNOS/c16-15-8-7-11(19-15)10-17-9-3-5-13(17)12-4-1-2-6-14(12)18/h7-8,12-14,18H,1-6,9-10H2. The van der Waals surface area contributed by atoms with E-state index in [1.54, 1.807) is 0 Å². The molecule has 2 nitrogen and oxygen atoms in total. The van der Waals surface area contributed by atoms with Gasteiger partial charge in [-0.3, -0.25) is 4.90 Å². The molecule has 1 aromatic heterocycles. The van der Waals surface area contributed by atoms with Crippen LogP contribution in [0.1, 0.15) is 43.4 Å². The minimum Gasteiger partial charge on any atom is -0.393 e. The first-order chi connectivity index (χ1) is 9.24. The average Bonchev–Trinajstić information content (AvgIpc) is 3.00. The molecule has 0 spiro atoms. The Labute approximate surface area is 127 Å². The lowest BCUT2D eigenvalue weighted by Gasteiger charge is -2.37. The average molecular weight is 344 g/mol. The van der Waals surface area contributed by atoms with Gasteiger partial charge < -0.3 is 5.11 Å². The number of rotatable bonds is 3. The van der Waals surface area contributed by atoms with Crippen LogP contribution in [0.3, 0.4) is 0 Å². The smallest absolute Gasteiger partial charge is 0.0701 e. The van der Waals surface area contributed by atoms with Gasteiger partial charge in [-0.15, -0.1) is 11.3 Å². The second-order valence-corrected chi connectivity index (χ2v) is 8.45. The van der Waals surface area contributed by atoms with E-state index in [1.807, 2.05) is 11.3 Å². The molecule has 1 aliphatic heterocycles. The van der Waals surface area contributed by atoms with Gasteiger partial charge in [0, 0.05) is 23.4 Å². The van der Waals surface area contributed by atoms with E-state index in [2.05, 4.69) is 33.0 Å². The molecule has 0 amide bonds. The maximum Gasteiger partial charge on any atom is 0.0701 e. The van der Waals surface area contributed by atoms with E-state index in [9.17, 15) is 5.11 Å². The predicted molar refractivity (Wildman–Crippen MR) is 83.4 cm³/mol. The highest BCUT2D eigenvalue weighted by atomic mass is 79.9. The number of thiophene rings is 1. The summed E-state index contributed by atoms with van der Waals surface area (Å²) in [6, 6.07) is 4.97. The van der Waals surface area contributed by atoms with Gasteiger partial charge in [-0.05, 0) is 60.3 Å². The molecule has 1 aliphatic carbocycles. The summed E-state index contributed by atoms with van der Waals surface area (Å²) in [4.78, 5) is 4.04. The van der Waals surface area contributed by atoms with Crippen molar-refractivity contribution in [2.24, 2.45) is 5.92 Å². The van der Waals surface area contributed by atoms with Crippen LogP contribution < -0.4 is 0 Å². The first-order valence-corrected chi connectivity index (χ1v) is 9.01. The first kappa shape index (κ1) is 14.1. The van der Waals surface area contributed by atoms with Crippen molar-refractivity contribution < 1.29 is 5.11 Å². The molecule has 2 heterocycles. The predicted octanol–water partition coefficient (Wildman–Crippen LogP) is 4.03. The van der Waals surface area contributed by atoms with Crippen LogP contribution in [-0.4, -0.2) is 28.7 Å². The van der Waals surface area contributed by atoms with Crippen LogP contribution in [0, 0.1) is 5.92 Å². The zero-order chi connectivity index (χ0) is 13.2. The van der Waals surface area contributed by atoms with Crippen molar-refractivity contribution in [2.45, 2.75) is 57.2 Å². The van der Waals surface area contributed by atoms with Crippen LogP contribution in [0.5, 0.6) is 0 Å². The van der Waals surface area contributed by atoms with Gasteiger partial charge in [0.2, 0.25) is 0 Å². The van der Waals surface area contributed by atoms with Gasteiger partial charge in [0.15, 0.2) is 0 Å². The highest BCUT2D eigenvalue weighted by Crippen LogP contribution is 2.36. The molecule has 2 fully saturated rings. The molecule has 4 heteroatoms. The van der Waals surface area contributed by atoms with Crippen LogP contribution in [0.2, 0.25) is 0 Å². The van der Waals surface area contributed by atoms with Crippen molar-refractivity contribution in [3.8, 4) is 0 Å². The van der Waals surface area contributed by atoms with Crippen LogP contribution in [-0.2, 0) is 6.54 Å². The van der Waals surface area contributed by atoms with E-state index in [0.717, 1.165) is 13.0 Å². The normalized spacial score (nSPS) is 32.8. The minimum atomic E-state index is -0.0607. The second-order valence-electron chi connectivity index (χ2n) is 5.90. The zero-order valence-electron chi connectivity index (χ0n) is 11.2. The molecule has 0 radical (unpaired) electrons. The molecule has 2 aliphatic rings. The molecule has 3 atom stereocenters. The van der Waals surface area contributed by atoms with Crippen molar-refractivity contribution in [1.29, 1.82) is 0 Å². The van der Waals surface area contributed by atoms with Crippen LogP contribution in [0.25, 0.3) is 0 Å². The van der Waals surface area contributed by atoms with Gasteiger partial charge in [-0.25, -0.2) is 0 Å². The fraction of sp³-hybridized carbons (Fsp3) is 0.733. The fourth-order valence-electron chi connectivity index (χ4n) is 3.76. The van der Waals surface area contributed by atoms with Gasteiger partial charge in [0.05, 0.1) is 9.89 Å². The summed E-state index contributed by atoms with van der Waals surface area (Å²) in [7, 11) is 0. The maximum atomic E-state index is 10.3. The molecule has 3 rings (SSSR count). The summed E-state index contributed by atoms with van der Waals surface area (Å²) < 4.78 is 1.22. The van der Waals surface area contributed by atoms with Crippen molar-refractivity contribution in [3.63, 3.8) is 0 Å². The number of hydrogen-bond donors (Lipinski definition) is 1. The molecule has 0 bridgehead atoms. The Morgan fingerprint density at radius 2 is 2.05 bits per heavy atom. The molecule has 106 valence electrons. The first-order valence-electron chi connectivity index (χ1n) is 7.40. The summed E-state index contributed by atoms with van der Waals surface area (Å²) in [6.45, 7) is 2.26. The molecule has 1 N–H and O–H groups in total. The van der Waals surface area contributed by atoms with Crippen molar-refractivity contribution in [1.82, 2.24) is 4.90 Å². The lowest BCUT2D eigenvalue weighted by molar-refractivity contribution is 0.0204. The van der Waals surface area contributed by atoms with Gasteiger partial charge >= 0.3 is 0 Å². The topological polar surface area (TPSA) is 23.5 Å². The van der Waals surface area contributed by atoms with Crippen LogP contribution in [0.4, 0.5) is 0 Å². The molecule has 3 unspecified atom stereocenters. The van der Waals surface area contributed by atoms with E-state index >= 15 is 0 Å². The molecule has 1 aromatic rings. The Kier molecular flexibility index (Phi) is 4.62. The molecular formula is C15H22BrNOS. The third-order valence-electron chi connectivity index (χ3n) is 4.68. The minimum absolute atomic E-state index is 0.0607. The summed E-state index contributed by atoms with van der Waals surface area (Å²) >= 11 is 5.38. The van der Waals surface area contributed by atoms with E-state index in [1.165, 1.54) is 47.3 Å². The van der Waals surface area contributed by atoms with Gasteiger partial charge in [-0.2, -0.15) is 0 Å². The quantitative estimate of drug-likeness (QED) is 0.895. The Balaban J connectivity index is 1.67. The fourth-order valence-corrected chi connectivity index (χ4v) is 5.27. The van der Waals surface area contributed by atoms with Crippen molar-refractivity contribution in [2.75, 3.05) is 6.54 Å². The zero-order valence-corrected chi connectivity index (χ0v) is 13.6. The molecule has 19 heavy (non-hydrogen) atoms. The second kappa shape index (κ2) is 6.25. The summed E-state index contributed by atoms with van der Waals surface area (Å²) in [5, 5.41) is 10.3. The lowest BCUT2D eigenvalue weighted by atomic mass is 9.80. The molecule has 0 aromatic carbocycles. The lowest BCUT2D eigenvalue weighted by Crippen LogP contribution is -2.42. The third kappa shape index (κ3) is 3.23. The summed E-state index contributed by atoms with van der Waals surface area (Å²) in [5.74, 6) is 0.514. The Hall–Kier alpha value is 0.1000. The van der Waals surface area contributed by atoms with Crippen molar-refractivity contribution in [3.05, 3.63) is 20.8 Å². The highest BCUT2D eigenvalue weighted by Gasteiger charge is 2.36. The molecule has 1 saturated heterocycles. The SMILES string of the molecule is OC1CCCCC1C1CCCN1Cc1ccc(Br)s1. The number of nitrogens with zero attached hydrogens (tertiary/aromatic N) is 1. The van der Waals surface area contributed by atoms with E-state index < -0.39 is 0 Å². The third-order valence-corrected chi connectivity index (χ3v) is 6.29. The Morgan fingerprint density at radius 1 is 1.21 bits per heavy atom. The van der Waals surface area contributed by atoms with E-state index in [4.69, 9.17) is 0 Å². The Morgan fingerprint density at radius 3 is 2.79 bits per heavy atom. The number of likely N-dealkylation sites (tertiary alicyclic amines) is 1. The number of aliphatic hydroxyl groups excluding tert-OH is 1. The van der Waals surface area contributed by atoms with Gasteiger partial charge in [0.25, 0.3) is 0 Å². The van der Waals surface area contributed by atoms with Gasteiger partial charge in [0.1, 0.15) is 0 Å². The molecule has 1 saturated carbocycles.